The van der Waals surface area contributed by atoms with Crippen LogP contribution in [0.25, 0.3) is 10.1 Å². The van der Waals surface area contributed by atoms with Gasteiger partial charge in [-0.05, 0) is 23.4 Å². The first kappa shape index (κ1) is 9.51. The number of hydrogen-bond acceptors (Lipinski definition) is 2. The minimum atomic E-state index is 0.452. The maximum atomic E-state index is 8.68. The summed E-state index contributed by atoms with van der Waals surface area (Å²) in [6.07, 6.45) is 0.452. The molecule has 0 spiro atoms. The molecule has 1 nitrogen and oxygen atoms in total. The molecule has 0 aliphatic heterocycles. The van der Waals surface area contributed by atoms with Crippen LogP contribution in [0.3, 0.4) is 0 Å². The van der Waals surface area contributed by atoms with Crippen LogP contribution in [0.5, 0.6) is 0 Å². The van der Waals surface area contributed by atoms with E-state index in [2.05, 4.69) is 6.07 Å². The molecule has 2 aromatic rings. The first-order valence-corrected chi connectivity index (χ1v) is 5.47. The Labute approximate surface area is 91.5 Å². The van der Waals surface area contributed by atoms with Crippen molar-refractivity contribution in [3.63, 3.8) is 0 Å². The van der Waals surface area contributed by atoms with Gasteiger partial charge in [-0.15, -0.1) is 11.3 Å². The Kier molecular flexibility index (Phi) is 2.45. The number of nitriles is 1. The minimum Gasteiger partial charge on any atom is -0.198 e. The molecular formula is C11H8ClNS. The average Bonchev–Trinajstić information content (AvgIpc) is 2.46. The normalized spacial score (nSPS) is 10.4. The molecule has 0 N–H and O–H groups in total. The first-order chi connectivity index (χ1) is 6.74. The average molecular weight is 222 g/mol. The van der Waals surface area contributed by atoms with Crippen LogP contribution in [0, 0.1) is 18.3 Å². The van der Waals surface area contributed by atoms with Gasteiger partial charge in [0, 0.05) is 4.70 Å². The van der Waals surface area contributed by atoms with Crippen molar-refractivity contribution >= 4 is 33.0 Å². The van der Waals surface area contributed by atoms with Crippen LogP contribution in [-0.4, -0.2) is 0 Å². The van der Waals surface area contributed by atoms with Crippen LogP contribution >= 0.6 is 22.9 Å². The largest absolute Gasteiger partial charge is 0.198 e. The molecule has 1 aromatic carbocycles. The van der Waals surface area contributed by atoms with Crippen molar-refractivity contribution in [3.05, 3.63) is 33.7 Å². The fourth-order valence-corrected chi connectivity index (χ4v) is 2.87. The van der Waals surface area contributed by atoms with E-state index in [-0.39, 0.29) is 0 Å². The number of fused-ring (bicyclic) bond motifs is 1. The van der Waals surface area contributed by atoms with E-state index in [0.717, 1.165) is 20.2 Å². The molecule has 0 saturated heterocycles. The second-order valence-corrected chi connectivity index (χ2v) is 4.75. The van der Waals surface area contributed by atoms with Gasteiger partial charge >= 0.3 is 0 Å². The lowest BCUT2D eigenvalue weighted by atomic mass is 10.1. The minimum absolute atomic E-state index is 0.452. The smallest absolute Gasteiger partial charge is 0.0970 e. The highest BCUT2D eigenvalue weighted by molar-refractivity contribution is 7.23. The Morgan fingerprint density at radius 3 is 3.00 bits per heavy atom. The zero-order valence-electron chi connectivity index (χ0n) is 7.67. The molecule has 0 atom stereocenters. The Morgan fingerprint density at radius 1 is 1.50 bits per heavy atom. The summed E-state index contributed by atoms with van der Waals surface area (Å²) in [4.78, 5) is 0. The number of rotatable bonds is 1. The Balaban J connectivity index is 2.76. The molecule has 1 aromatic heterocycles. The lowest BCUT2D eigenvalue weighted by Crippen LogP contribution is -1.80. The zero-order valence-corrected chi connectivity index (χ0v) is 9.25. The summed E-state index contributed by atoms with van der Waals surface area (Å²) >= 11 is 7.62. The highest BCUT2D eigenvalue weighted by Crippen LogP contribution is 2.36. The first-order valence-electron chi connectivity index (χ1n) is 4.27. The summed E-state index contributed by atoms with van der Waals surface area (Å²) in [5.74, 6) is 0. The molecule has 14 heavy (non-hydrogen) atoms. The van der Waals surface area contributed by atoms with E-state index in [9.17, 15) is 0 Å². The molecule has 0 aliphatic carbocycles. The van der Waals surface area contributed by atoms with E-state index >= 15 is 0 Å². The van der Waals surface area contributed by atoms with Gasteiger partial charge in [0.1, 0.15) is 0 Å². The van der Waals surface area contributed by atoms with Gasteiger partial charge in [-0.3, -0.25) is 0 Å². The van der Waals surface area contributed by atoms with Gasteiger partial charge in [-0.25, -0.2) is 0 Å². The van der Waals surface area contributed by atoms with Crippen molar-refractivity contribution in [3.8, 4) is 6.07 Å². The fraction of sp³-hybridized carbons (Fsp3) is 0.182. The van der Waals surface area contributed by atoms with Crippen molar-refractivity contribution in [1.29, 1.82) is 5.26 Å². The molecule has 0 aliphatic rings. The summed E-state index contributed by atoms with van der Waals surface area (Å²) in [6.45, 7) is 2.01. The van der Waals surface area contributed by atoms with E-state index in [4.69, 9.17) is 16.9 Å². The van der Waals surface area contributed by atoms with Gasteiger partial charge in [0.25, 0.3) is 0 Å². The molecule has 0 amide bonds. The number of halogens is 1. The topological polar surface area (TPSA) is 23.8 Å². The fourth-order valence-electron chi connectivity index (χ4n) is 1.50. The molecule has 0 unspecified atom stereocenters. The van der Waals surface area contributed by atoms with E-state index in [1.54, 1.807) is 11.3 Å². The van der Waals surface area contributed by atoms with Gasteiger partial charge < -0.3 is 0 Å². The zero-order chi connectivity index (χ0) is 10.1. The SMILES string of the molecule is Cc1c(Cl)sc2c(CC#N)cccc12. The second kappa shape index (κ2) is 3.61. The van der Waals surface area contributed by atoms with Gasteiger partial charge in [0.05, 0.1) is 16.8 Å². The molecular weight excluding hydrogens is 214 g/mol. The molecule has 1 heterocycles. The standard InChI is InChI=1S/C11H8ClNS/c1-7-9-4-2-3-8(5-6-13)10(9)14-11(7)12/h2-4H,5H2,1H3. The maximum Gasteiger partial charge on any atom is 0.0970 e. The third-order valence-corrected chi connectivity index (χ3v) is 3.94. The molecule has 0 bridgehead atoms. The number of hydrogen-bond donors (Lipinski definition) is 0. The van der Waals surface area contributed by atoms with Crippen molar-refractivity contribution in [2.24, 2.45) is 0 Å². The number of benzene rings is 1. The van der Waals surface area contributed by atoms with Crippen LogP contribution in [-0.2, 0) is 6.42 Å². The molecule has 2 rings (SSSR count). The van der Waals surface area contributed by atoms with E-state index < -0.39 is 0 Å². The highest BCUT2D eigenvalue weighted by atomic mass is 35.5. The third kappa shape index (κ3) is 1.39. The van der Waals surface area contributed by atoms with Gasteiger partial charge in [-0.2, -0.15) is 5.26 Å². The maximum absolute atomic E-state index is 8.68. The molecule has 70 valence electrons. The highest BCUT2D eigenvalue weighted by Gasteiger charge is 2.08. The van der Waals surface area contributed by atoms with E-state index in [1.165, 1.54) is 5.39 Å². The number of aryl methyl sites for hydroxylation is 1. The Bertz CT molecular complexity index is 522. The van der Waals surface area contributed by atoms with Crippen molar-refractivity contribution in [2.75, 3.05) is 0 Å². The van der Waals surface area contributed by atoms with Crippen LogP contribution in [0.4, 0.5) is 0 Å². The van der Waals surface area contributed by atoms with Crippen molar-refractivity contribution in [2.45, 2.75) is 13.3 Å². The Morgan fingerprint density at radius 2 is 2.29 bits per heavy atom. The summed E-state index contributed by atoms with van der Waals surface area (Å²) in [7, 11) is 0. The number of thiophene rings is 1. The van der Waals surface area contributed by atoms with Crippen LogP contribution < -0.4 is 0 Å². The van der Waals surface area contributed by atoms with Crippen molar-refractivity contribution in [1.82, 2.24) is 0 Å². The van der Waals surface area contributed by atoms with Gasteiger partial charge in [-0.1, -0.05) is 29.8 Å². The van der Waals surface area contributed by atoms with Gasteiger partial charge in [0.2, 0.25) is 0 Å². The summed E-state index contributed by atoms with van der Waals surface area (Å²) in [6, 6.07) is 8.18. The van der Waals surface area contributed by atoms with Crippen LogP contribution in [0.1, 0.15) is 11.1 Å². The van der Waals surface area contributed by atoms with Crippen molar-refractivity contribution < 1.29 is 0 Å². The Hall–Kier alpha value is -1.04. The molecule has 0 saturated carbocycles. The predicted molar refractivity (Wildman–Crippen MR) is 60.9 cm³/mol. The van der Waals surface area contributed by atoms with E-state index in [0.29, 0.717) is 6.42 Å². The lowest BCUT2D eigenvalue weighted by molar-refractivity contribution is 1.29. The molecule has 0 radical (unpaired) electrons. The predicted octanol–water partition coefficient (Wildman–Crippen LogP) is 3.93. The second-order valence-electron chi connectivity index (χ2n) is 3.13. The summed E-state index contributed by atoms with van der Waals surface area (Å²) in [5.41, 5.74) is 2.19. The monoisotopic (exact) mass is 221 g/mol. The summed E-state index contributed by atoms with van der Waals surface area (Å²) in [5, 5.41) is 9.85. The lowest BCUT2D eigenvalue weighted by Gasteiger charge is -1.96. The van der Waals surface area contributed by atoms with E-state index in [1.807, 2.05) is 25.1 Å². The number of nitrogens with zero attached hydrogens (tertiary/aromatic N) is 1. The quantitative estimate of drug-likeness (QED) is 0.716. The van der Waals surface area contributed by atoms with Crippen LogP contribution in [0.15, 0.2) is 18.2 Å². The van der Waals surface area contributed by atoms with Crippen LogP contribution in [0.2, 0.25) is 4.34 Å². The summed E-state index contributed by atoms with van der Waals surface area (Å²) < 4.78 is 1.97. The molecule has 3 heteroatoms. The van der Waals surface area contributed by atoms with Gasteiger partial charge in [0.15, 0.2) is 0 Å². The molecule has 0 fully saturated rings. The third-order valence-electron chi connectivity index (χ3n) is 2.26.